The number of halogens is 5. The molecule has 3 rings (SSSR count). The van der Waals surface area contributed by atoms with Crippen LogP contribution in [0.4, 0.5) is 22.0 Å². The smallest absolute Gasteiger partial charge is 0.458 e. The molecular weight excluding hydrogens is 427 g/mol. The molecule has 1 aliphatic rings. The molecule has 6 nitrogen and oxygen atoms in total. The van der Waals surface area contributed by atoms with Crippen LogP contribution in [-0.4, -0.2) is 39.6 Å². The van der Waals surface area contributed by atoms with Crippen LogP contribution in [0.1, 0.15) is 25.0 Å². The van der Waals surface area contributed by atoms with Gasteiger partial charge in [-0.25, -0.2) is 5.06 Å². The van der Waals surface area contributed by atoms with Crippen LogP contribution < -0.4 is 10.3 Å². The molecule has 0 radical (unpaired) electrons. The van der Waals surface area contributed by atoms with Gasteiger partial charge < -0.3 is 4.74 Å². The first kappa shape index (κ1) is 22.5. The van der Waals surface area contributed by atoms with Crippen molar-refractivity contribution in [2.45, 2.75) is 31.5 Å². The van der Waals surface area contributed by atoms with Crippen LogP contribution in [0.5, 0.6) is 5.75 Å². The lowest BCUT2D eigenvalue weighted by molar-refractivity contribution is -0.289. The van der Waals surface area contributed by atoms with Crippen molar-refractivity contribution in [3.8, 4) is 5.75 Å². The Morgan fingerprint density at radius 1 is 1.16 bits per heavy atom. The standard InChI is InChI=1S/C20H17F5N2O4/c1-18(2)14(10-26(30)11-28)17(27-8-4-3-5-16(27)29)13-9-12(6-7-15(13)31-18)19(21,22)20(23,24)25/h3-9,11,30H,10H2,1-2H3. The van der Waals surface area contributed by atoms with Gasteiger partial charge in [0.15, 0.2) is 0 Å². The lowest BCUT2D eigenvalue weighted by Gasteiger charge is -2.38. The maximum Gasteiger partial charge on any atom is 0.458 e. The third-order valence-corrected chi connectivity index (χ3v) is 4.84. The number of hydroxylamine groups is 2. The SMILES string of the molecule is CC1(C)Oc2ccc(C(F)(F)C(F)(F)F)cc2C(n2ccccc2=O)=C1CN(O)C=O. The van der Waals surface area contributed by atoms with E-state index in [0.29, 0.717) is 12.1 Å². The van der Waals surface area contributed by atoms with Crippen molar-refractivity contribution in [3.05, 3.63) is 69.6 Å². The fourth-order valence-corrected chi connectivity index (χ4v) is 3.30. The summed E-state index contributed by atoms with van der Waals surface area (Å²) in [6, 6.07) is 6.20. The number of ether oxygens (including phenoxy) is 1. The molecule has 2 heterocycles. The van der Waals surface area contributed by atoms with Gasteiger partial charge in [-0.3, -0.25) is 19.4 Å². The van der Waals surface area contributed by atoms with E-state index in [4.69, 9.17) is 4.74 Å². The third kappa shape index (κ3) is 3.92. The monoisotopic (exact) mass is 444 g/mol. The molecular formula is C20H17F5N2O4. The Hall–Kier alpha value is -3.21. The number of carbonyl (C=O) groups is 1. The van der Waals surface area contributed by atoms with Crippen molar-refractivity contribution in [2.75, 3.05) is 6.54 Å². The minimum Gasteiger partial charge on any atom is -0.483 e. The molecule has 2 aromatic rings. The lowest BCUT2D eigenvalue weighted by Crippen LogP contribution is -2.42. The number of hydrogen-bond acceptors (Lipinski definition) is 4. The quantitative estimate of drug-likeness (QED) is 0.330. The van der Waals surface area contributed by atoms with Gasteiger partial charge in [0.1, 0.15) is 11.4 Å². The average Bonchev–Trinajstić information content (AvgIpc) is 2.67. The highest BCUT2D eigenvalue weighted by Crippen LogP contribution is 2.47. The number of fused-ring (bicyclic) bond motifs is 1. The number of carbonyl (C=O) groups excluding carboxylic acids is 1. The van der Waals surface area contributed by atoms with E-state index >= 15 is 0 Å². The van der Waals surface area contributed by atoms with Gasteiger partial charge in [0.2, 0.25) is 6.41 Å². The van der Waals surface area contributed by atoms with Crippen molar-refractivity contribution in [1.82, 2.24) is 9.63 Å². The Morgan fingerprint density at radius 3 is 2.42 bits per heavy atom. The molecule has 31 heavy (non-hydrogen) atoms. The summed E-state index contributed by atoms with van der Waals surface area (Å²) < 4.78 is 73.6. The van der Waals surface area contributed by atoms with Gasteiger partial charge in [-0.1, -0.05) is 6.07 Å². The van der Waals surface area contributed by atoms with E-state index in [2.05, 4.69) is 0 Å². The molecule has 1 aromatic carbocycles. The number of amides is 1. The topological polar surface area (TPSA) is 71.8 Å². The van der Waals surface area contributed by atoms with Crippen LogP contribution >= 0.6 is 0 Å². The molecule has 166 valence electrons. The summed E-state index contributed by atoms with van der Waals surface area (Å²) in [5.74, 6) is -5.20. The van der Waals surface area contributed by atoms with Crippen LogP contribution in [0.25, 0.3) is 5.70 Å². The van der Waals surface area contributed by atoms with E-state index in [-0.39, 0.29) is 34.1 Å². The molecule has 0 bridgehead atoms. The second kappa shape index (κ2) is 7.49. The molecule has 11 heteroatoms. The predicted octanol–water partition coefficient (Wildman–Crippen LogP) is 3.78. The molecule has 0 atom stereocenters. The highest BCUT2D eigenvalue weighted by atomic mass is 19.4. The molecule has 0 unspecified atom stereocenters. The fraction of sp³-hybridized carbons (Fsp3) is 0.300. The number of hydrogen-bond donors (Lipinski definition) is 1. The van der Waals surface area contributed by atoms with Crippen LogP contribution in [-0.2, 0) is 10.7 Å². The average molecular weight is 444 g/mol. The van der Waals surface area contributed by atoms with Crippen LogP contribution in [0.2, 0.25) is 0 Å². The first-order valence-electron chi connectivity index (χ1n) is 8.90. The second-order valence-corrected chi connectivity index (χ2v) is 7.33. The lowest BCUT2D eigenvalue weighted by atomic mass is 9.88. The summed E-state index contributed by atoms with van der Waals surface area (Å²) in [6.45, 7) is 2.58. The number of pyridine rings is 1. The Morgan fingerprint density at radius 2 is 1.84 bits per heavy atom. The van der Waals surface area contributed by atoms with E-state index in [1.54, 1.807) is 0 Å². The fourth-order valence-electron chi connectivity index (χ4n) is 3.30. The Kier molecular flexibility index (Phi) is 5.43. The van der Waals surface area contributed by atoms with Gasteiger partial charge in [-0.05, 0) is 38.1 Å². The van der Waals surface area contributed by atoms with Crippen LogP contribution in [0, 0.1) is 0 Å². The summed E-state index contributed by atoms with van der Waals surface area (Å²) in [5, 5.41) is 9.98. The number of rotatable bonds is 5. The normalized spacial score (nSPS) is 15.9. The summed E-state index contributed by atoms with van der Waals surface area (Å²) >= 11 is 0. The predicted molar refractivity (Wildman–Crippen MR) is 98.7 cm³/mol. The number of alkyl halides is 5. The Balaban J connectivity index is 2.37. The molecule has 1 amide bonds. The maximum atomic E-state index is 14.0. The van der Waals surface area contributed by atoms with Crippen LogP contribution in [0.15, 0.2) is 53.0 Å². The van der Waals surface area contributed by atoms with Crippen LogP contribution in [0.3, 0.4) is 0 Å². The minimum atomic E-state index is -5.84. The second-order valence-electron chi connectivity index (χ2n) is 7.33. The molecule has 0 aliphatic carbocycles. The zero-order valence-electron chi connectivity index (χ0n) is 16.3. The number of benzene rings is 1. The third-order valence-electron chi connectivity index (χ3n) is 4.84. The molecule has 0 spiro atoms. The summed E-state index contributed by atoms with van der Waals surface area (Å²) in [4.78, 5) is 23.5. The van der Waals surface area contributed by atoms with E-state index < -0.39 is 35.4 Å². The number of aromatic nitrogens is 1. The van der Waals surface area contributed by atoms with Crippen molar-refractivity contribution in [2.24, 2.45) is 0 Å². The molecule has 1 aromatic heterocycles. The van der Waals surface area contributed by atoms with Crippen molar-refractivity contribution < 1.29 is 36.7 Å². The van der Waals surface area contributed by atoms with Gasteiger partial charge in [0.25, 0.3) is 5.56 Å². The minimum absolute atomic E-state index is 0.0446. The van der Waals surface area contributed by atoms with E-state index in [9.17, 15) is 36.7 Å². The molecule has 1 N–H and O–H groups in total. The summed E-state index contributed by atoms with van der Waals surface area (Å²) in [7, 11) is 0. The molecule has 0 saturated carbocycles. The molecule has 1 aliphatic heterocycles. The maximum absolute atomic E-state index is 14.0. The highest BCUT2D eigenvalue weighted by Gasteiger charge is 2.59. The van der Waals surface area contributed by atoms with Gasteiger partial charge >= 0.3 is 12.1 Å². The first-order chi connectivity index (χ1) is 14.3. The van der Waals surface area contributed by atoms with E-state index in [1.165, 1.54) is 32.2 Å². The highest BCUT2D eigenvalue weighted by molar-refractivity contribution is 5.78. The summed E-state index contributed by atoms with van der Waals surface area (Å²) in [6.07, 6.45) is -4.47. The van der Waals surface area contributed by atoms with E-state index in [1.807, 2.05) is 0 Å². The van der Waals surface area contributed by atoms with Gasteiger partial charge in [-0.2, -0.15) is 22.0 Å². The summed E-state index contributed by atoms with van der Waals surface area (Å²) in [5.41, 5.74) is -3.40. The van der Waals surface area contributed by atoms with Gasteiger partial charge in [0.05, 0.1) is 12.2 Å². The van der Waals surface area contributed by atoms with Gasteiger partial charge in [0, 0.05) is 29.0 Å². The van der Waals surface area contributed by atoms with Crippen molar-refractivity contribution >= 4 is 12.1 Å². The largest absolute Gasteiger partial charge is 0.483 e. The van der Waals surface area contributed by atoms with Crippen molar-refractivity contribution in [3.63, 3.8) is 0 Å². The Labute approximate surface area is 172 Å². The zero-order chi connectivity index (χ0) is 23.2. The first-order valence-corrected chi connectivity index (χ1v) is 8.90. The van der Waals surface area contributed by atoms with E-state index in [0.717, 1.165) is 16.7 Å². The van der Waals surface area contributed by atoms with Gasteiger partial charge in [-0.15, -0.1) is 0 Å². The molecule has 0 saturated heterocycles. The Bertz CT molecular complexity index is 1110. The number of nitrogens with zero attached hydrogens (tertiary/aromatic N) is 2. The molecule has 0 fully saturated rings. The zero-order valence-corrected chi connectivity index (χ0v) is 16.3. The van der Waals surface area contributed by atoms with Crippen molar-refractivity contribution in [1.29, 1.82) is 0 Å².